The molecule has 0 aliphatic rings. The largest absolute Gasteiger partial charge is 0.573 e. The maximum absolute atomic E-state index is 12.0. The van der Waals surface area contributed by atoms with Gasteiger partial charge in [0.1, 0.15) is 5.75 Å². The molecule has 0 N–H and O–H groups in total. The predicted molar refractivity (Wildman–Crippen MR) is 55.4 cm³/mol. The smallest absolute Gasteiger partial charge is 0.405 e. The van der Waals surface area contributed by atoms with Crippen molar-refractivity contribution in [3.8, 4) is 5.75 Å². The number of ether oxygens (including phenoxy) is 1. The second-order valence-electron chi connectivity index (χ2n) is 2.79. The van der Waals surface area contributed by atoms with Crippen LogP contribution in [0.15, 0.2) is 23.1 Å². The molecule has 0 fully saturated rings. The molecule has 0 saturated heterocycles. The van der Waals surface area contributed by atoms with Crippen molar-refractivity contribution in [2.24, 2.45) is 0 Å². The van der Waals surface area contributed by atoms with Crippen LogP contribution in [0.25, 0.3) is 0 Å². The van der Waals surface area contributed by atoms with Gasteiger partial charge in [-0.15, -0.1) is 37.4 Å². The van der Waals surface area contributed by atoms with E-state index >= 15 is 0 Å². The average molecular weight is 271 g/mol. The van der Waals surface area contributed by atoms with Crippen LogP contribution in [0.2, 0.25) is 0 Å². The number of carbonyl (C=O) groups is 1. The van der Waals surface area contributed by atoms with Crippen LogP contribution >= 0.6 is 24.2 Å². The van der Waals surface area contributed by atoms with Gasteiger partial charge < -0.3 is 4.74 Å². The lowest BCUT2D eigenvalue weighted by Gasteiger charge is -2.12. The first kappa shape index (κ1) is 13.2. The summed E-state index contributed by atoms with van der Waals surface area (Å²) in [6, 6.07) is 3.49. The first-order valence-electron chi connectivity index (χ1n) is 4.01. The SMILES string of the molecule is O=C(CCl)c1cc(S)ccc1OC(F)(F)F. The molecule has 7 heteroatoms. The minimum absolute atomic E-state index is 0.236. The van der Waals surface area contributed by atoms with Crippen molar-refractivity contribution in [1.29, 1.82) is 0 Å². The number of Topliss-reactive ketones (excluding diaryl/α,β-unsaturated/α-hetero) is 1. The number of halogens is 4. The molecule has 0 aromatic heterocycles. The lowest BCUT2D eigenvalue weighted by atomic mass is 10.1. The third-order valence-corrected chi connectivity index (χ3v) is 2.13. The molecule has 0 amide bonds. The zero-order valence-electron chi connectivity index (χ0n) is 7.71. The second kappa shape index (κ2) is 4.97. The Kier molecular flexibility index (Phi) is 4.09. The van der Waals surface area contributed by atoms with E-state index < -0.39 is 23.8 Å². The van der Waals surface area contributed by atoms with Crippen LogP contribution in [0.1, 0.15) is 10.4 Å². The standard InChI is InChI=1S/C9H6ClF3O2S/c10-4-7(14)6-3-5(16)1-2-8(6)15-9(11,12)13/h1-3,16H,4H2. The highest BCUT2D eigenvalue weighted by Crippen LogP contribution is 2.28. The van der Waals surface area contributed by atoms with Crippen LogP contribution in [-0.2, 0) is 0 Å². The van der Waals surface area contributed by atoms with Crippen molar-refractivity contribution in [3.05, 3.63) is 23.8 Å². The number of ketones is 1. The van der Waals surface area contributed by atoms with E-state index in [0.29, 0.717) is 4.90 Å². The zero-order valence-corrected chi connectivity index (χ0v) is 9.37. The van der Waals surface area contributed by atoms with E-state index in [4.69, 9.17) is 11.6 Å². The number of benzene rings is 1. The summed E-state index contributed by atoms with van der Waals surface area (Å²) in [6.07, 6.45) is -4.85. The van der Waals surface area contributed by atoms with Gasteiger partial charge >= 0.3 is 6.36 Å². The van der Waals surface area contributed by atoms with E-state index in [1.807, 2.05) is 0 Å². The van der Waals surface area contributed by atoms with Gasteiger partial charge in [0.05, 0.1) is 11.4 Å². The number of hydrogen-bond donors (Lipinski definition) is 1. The van der Waals surface area contributed by atoms with Crippen LogP contribution in [0.4, 0.5) is 13.2 Å². The summed E-state index contributed by atoms with van der Waals surface area (Å²) in [5.74, 6) is -1.65. The Hall–Kier alpha value is -0.880. The molecule has 0 atom stereocenters. The zero-order chi connectivity index (χ0) is 12.3. The Bertz CT molecular complexity index is 406. The van der Waals surface area contributed by atoms with Gasteiger partial charge in [0.25, 0.3) is 0 Å². The van der Waals surface area contributed by atoms with Gasteiger partial charge in [-0.05, 0) is 18.2 Å². The summed E-state index contributed by atoms with van der Waals surface area (Å²) in [7, 11) is 0. The fourth-order valence-corrected chi connectivity index (χ4v) is 1.37. The summed E-state index contributed by atoms with van der Waals surface area (Å²) >= 11 is 9.18. The molecule has 0 spiro atoms. The van der Waals surface area contributed by atoms with Gasteiger partial charge in [0.15, 0.2) is 5.78 Å². The van der Waals surface area contributed by atoms with Crippen LogP contribution in [0.3, 0.4) is 0 Å². The van der Waals surface area contributed by atoms with Gasteiger partial charge in [-0.3, -0.25) is 4.79 Å². The molecule has 0 aliphatic heterocycles. The van der Waals surface area contributed by atoms with Crippen LogP contribution in [-0.4, -0.2) is 18.0 Å². The van der Waals surface area contributed by atoms with Crippen LogP contribution in [0.5, 0.6) is 5.75 Å². The third-order valence-electron chi connectivity index (χ3n) is 1.61. The van der Waals surface area contributed by atoms with E-state index in [2.05, 4.69) is 17.4 Å². The average Bonchev–Trinajstić information content (AvgIpc) is 2.17. The first-order valence-corrected chi connectivity index (χ1v) is 4.99. The number of thiol groups is 1. The summed E-state index contributed by atoms with van der Waals surface area (Å²) in [6.45, 7) is 0. The van der Waals surface area contributed by atoms with Gasteiger partial charge in [-0.1, -0.05) is 0 Å². The summed E-state index contributed by atoms with van der Waals surface area (Å²) in [4.78, 5) is 11.6. The topological polar surface area (TPSA) is 26.3 Å². The summed E-state index contributed by atoms with van der Waals surface area (Å²) < 4.78 is 39.7. The quantitative estimate of drug-likeness (QED) is 0.518. The molecule has 0 saturated carbocycles. The van der Waals surface area contributed by atoms with Crippen LogP contribution < -0.4 is 4.74 Å². The maximum atomic E-state index is 12.0. The normalized spacial score (nSPS) is 11.3. The van der Waals surface area contributed by atoms with E-state index in [0.717, 1.165) is 6.07 Å². The Morgan fingerprint density at radius 1 is 1.44 bits per heavy atom. The van der Waals surface area contributed by atoms with Gasteiger partial charge in [-0.25, -0.2) is 0 Å². The lowest BCUT2D eigenvalue weighted by molar-refractivity contribution is -0.274. The fourth-order valence-electron chi connectivity index (χ4n) is 1.02. The summed E-state index contributed by atoms with van der Waals surface area (Å²) in [5, 5.41) is 0. The van der Waals surface area contributed by atoms with Crippen molar-refractivity contribution in [2.45, 2.75) is 11.3 Å². The van der Waals surface area contributed by atoms with Crippen molar-refractivity contribution in [1.82, 2.24) is 0 Å². The van der Waals surface area contributed by atoms with E-state index in [-0.39, 0.29) is 5.56 Å². The van der Waals surface area contributed by atoms with Crippen molar-refractivity contribution < 1.29 is 22.7 Å². The van der Waals surface area contributed by atoms with E-state index in [9.17, 15) is 18.0 Å². The number of alkyl halides is 4. The van der Waals surface area contributed by atoms with Crippen molar-refractivity contribution >= 4 is 30.0 Å². The summed E-state index contributed by atoms with van der Waals surface area (Å²) in [5.41, 5.74) is -0.236. The molecule has 0 unspecified atom stereocenters. The minimum Gasteiger partial charge on any atom is -0.405 e. The molecular weight excluding hydrogens is 265 g/mol. The molecule has 0 bridgehead atoms. The molecule has 1 rings (SSSR count). The predicted octanol–water partition coefficient (Wildman–Crippen LogP) is 3.30. The van der Waals surface area contributed by atoms with E-state index in [1.54, 1.807) is 0 Å². The molecule has 1 aromatic rings. The Labute approximate surface area is 99.8 Å². The number of hydrogen-bond acceptors (Lipinski definition) is 3. The van der Waals surface area contributed by atoms with Crippen molar-refractivity contribution in [2.75, 3.05) is 5.88 Å². The first-order chi connectivity index (χ1) is 7.33. The Morgan fingerprint density at radius 3 is 2.56 bits per heavy atom. The fraction of sp³-hybridized carbons (Fsp3) is 0.222. The molecule has 2 nitrogen and oxygen atoms in total. The molecule has 0 heterocycles. The van der Waals surface area contributed by atoms with E-state index in [1.165, 1.54) is 12.1 Å². The van der Waals surface area contributed by atoms with Crippen LogP contribution in [0, 0.1) is 0 Å². The third kappa shape index (κ3) is 3.61. The molecular formula is C9H6ClF3O2S. The number of rotatable bonds is 3. The van der Waals surface area contributed by atoms with Gasteiger partial charge in [0.2, 0.25) is 0 Å². The molecule has 16 heavy (non-hydrogen) atoms. The Balaban J connectivity index is 3.13. The van der Waals surface area contributed by atoms with Gasteiger partial charge in [-0.2, -0.15) is 0 Å². The molecule has 0 aliphatic carbocycles. The number of carbonyl (C=O) groups excluding carboxylic acids is 1. The second-order valence-corrected chi connectivity index (χ2v) is 3.57. The van der Waals surface area contributed by atoms with Gasteiger partial charge in [0, 0.05) is 4.90 Å². The molecule has 0 radical (unpaired) electrons. The highest BCUT2D eigenvalue weighted by atomic mass is 35.5. The Morgan fingerprint density at radius 2 is 2.06 bits per heavy atom. The van der Waals surface area contributed by atoms with Crippen molar-refractivity contribution in [3.63, 3.8) is 0 Å². The lowest BCUT2D eigenvalue weighted by Crippen LogP contribution is -2.19. The minimum atomic E-state index is -4.85. The monoisotopic (exact) mass is 270 g/mol. The molecule has 88 valence electrons. The maximum Gasteiger partial charge on any atom is 0.573 e. The molecule has 1 aromatic carbocycles. The highest BCUT2D eigenvalue weighted by molar-refractivity contribution is 7.80. The highest BCUT2D eigenvalue weighted by Gasteiger charge is 2.32.